The minimum Gasteiger partial charge on any atom is -0.390 e. The van der Waals surface area contributed by atoms with E-state index in [9.17, 15) is 5.11 Å². The lowest BCUT2D eigenvalue weighted by atomic mass is 9.89. The Kier molecular flexibility index (Phi) is 2.37. The normalized spacial score (nSPS) is 39.0. The summed E-state index contributed by atoms with van der Waals surface area (Å²) in [6.45, 7) is 4.25. The maximum Gasteiger partial charge on any atom is 0.0852 e. The van der Waals surface area contributed by atoms with E-state index in [1.807, 2.05) is 0 Å². The van der Waals surface area contributed by atoms with E-state index < -0.39 is 0 Å². The smallest absolute Gasteiger partial charge is 0.0852 e. The number of aliphatic hydroxyl groups excluding tert-OH is 1. The highest BCUT2D eigenvalue weighted by molar-refractivity contribution is 4.92. The van der Waals surface area contributed by atoms with Gasteiger partial charge in [0.25, 0.3) is 0 Å². The van der Waals surface area contributed by atoms with Crippen molar-refractivity contribution in [2.45, 2.75) is 64.3 Å². The average Bonchev–Trinajstić information content (AvgIpc) is 2.22. The third-order valence-electron chi connectivity index (χ3n) is 3.65. The van der Waals surface area contributed by atoms with E-state index in [-0.39, 0.29) is 17.6 Å². The number of hydrogen-bond donors (Lipinski definition) is 1. The fourth-order valence-electron chi connectivity index (χ4n) is 2.22. The molecule has 76 valence electrons. The second-order valence-electron chi connectivity index (χ2n) is 5.20. The Bertz CT molecular complexity index is 185. The van der Waals surface area contributed by atoms with Crippen molar-refractivity contribution in [3.05, 3.63) is 0 Å². The number of rotatable bonds is 2. The molecular formula is C11H20O2. The third kappa shape index (κ3) is 1.75. The van der Waals surface area contributed by atoms with Crippen molar-refractivity contribution in [3.8, 4) is 0 Å². The molecule has 1 N–H and O–H groups in total. The van der Waals surface area contributed by atoms with E-state index in [0.29, 0.717) is 6.10 Å². The van der Waals surface area contributed by atoms with Crippen LogP contribution in [-0.2, 0) is 4.74 Å². The van der Waals surface area contributed by atoms with Gasteiger partial charge < -0.3 is 9.84 Å². The van der Waals surface area contributed by atoms with Crippen LogP contribution in [0.5, 0.6) is 0 Å². The van der Waals surface area contributed by atoms with Crippen LogP contribution in [0.4, 0.5) is 0 Å². The molecule has 2 fully saturated rings. The van der Waals surface area contributed by atoms with Gasteiger partial charge in [-0.3, -0.25) is 0 Å². The molecule has 0 aromatic rings. The Morgan fingerprint density at radius 2 is 1.92 bits per heavy atom. The van der Waals surface area contributed by atoms with Crippen molar-refractivity contribution < 1.29 is 9.84 Å². The summed E-state index contributed by atoms with van der Waals surface area (Å²) in [7, 11) is 0. The van der Waals surface area contributed by atoms with Crippen LogP contribution in [0.15, 0.2) is 0 Å². The minimum atomic E-state index is -0.256. The van der Waals surface area contributed by atoms with Crippen molar-refractivity contribution in [1.82, 2.24) is 0 Å². The van der Waals surface area contributed by atoms with Crippen LogP contribution in [-0.4, -0.2) is 23.4 Å². The van der Waals surface area contributed by atoms with Crippen molar-refractivity contribution in [2.24, 2.45) is 5.41 Å². The molecule has 2 atom stereocenters. The average molecular weight is 184 g/mol. The van der Waals surface area contributed by atoms with Gasteiger partial charge in [-0.1, -0.05) is 13.8 Å². The van der Waals surface area contributed by atoms with Gasteiger partial charge >= 0.3 is 0 Å². The SMILES string of the molecule is CC1(C)CCC(OC2CCC2)C1O. The first-order valence-corrected chi connectivity index (χ1v) is 5.43. The van der Waals surface area contributed by atoms with Crippen molar-refractivity contribution in [2.75, 3.05) is 0 Å². The van der Waals surface area contributed by atoms with Crippen molar-refractivity contribution in [3.63, 3.8) is 0 Å². The molecule has 13 heavy (non-hydrogen) atoms. The molecule has 0 amide bonds. The number of ether oxygens (including phenoxy) is 1. The molecule has 2 rings (SSSR count). The van der Waals surface area contributed by atoms with E-state index in [1.165, 1.54) is 19.3 Å². The van der Waals surface area contributed by atoms with Crippen molar-refractivity contribution >= 4 is 0 Å². The Labute approximate surface area is 80.3 Å². The molecule has 0 aliphatic heterocycles. The highest BCUT2D eigenvalue weighted by atomic mass is 16.5. The van der Waals surface area contributed by atoms with Gasteiger partial charge in [-0.2, -0.15) is 0 Å². The summed E-state index contributed by atoms with van der Waals surface area (Å²) in [5.74, 6) is 0. The van der Waals surface area contributed by atoms with E-state index in [2.05, 4.69) is 13.8 Å². The monoisotopic (exact) mass is 184 g/mol. The van der Waals surface area contributed by atoms with Crippen LogP contribution < -0.4 is 0 Å². The first kappa shape index (κ1) is 9.47. The van der Waals surface area contributed by atoms with E-state index >= 15 is 0 Å². The van der Waals surface area contributed by atoms with Crippen LogP contribution >= 0.6 is 0 Å². The van der Waals surface area contributed by atoms with Gasteiger partial charge in [0.15, 0.2) is 0 Å². The molecule has 0 aromatic carbocycles. The molecule has 0 saturated heterocycles. The molecule has 2 saturated carbocycles. The Morgan fingerprint density at radius 1 is 1.23 bits per heavy atom. The molecule has 2 heteroatoms. The Balaban J connectivity index is 1.87. The first-order chi connectivity index (χ1) is 6.09. The van der Waals surface area contributed by atoms with Crippen LogP contribution in [0.25, 0.3) is 0 Å². The Hall–Kier alpha value is -0.0800. The van der Waals surface area contributed by atoms with Crippen LogP contribution in [0.3, 0.4) is 0 Å². The standard InChI is InChI=1S/C11H20O2/c1-11(2)7-6-9(10(11)12)13-8-4-3-5-8/h8-10,12H,3-7H2,1-2H3. The molecule has 0 aromatic heterocycles. The Morgan fingerprint density at radius 3 is 2.31 bits per heavy atom. The summed E-state index contributed by atoms with van der Waals surface area (Å²) in [6, 6.07) is 0. The fourth-order valence-corrected chi connectivity index (χ4v) is 2.22. The summed E-state index contributed by atoms with van der Waals surface area (Å²) >= 11 is 0. The molecular weight excluding hydrogens is 164 g/mol. The van der Waals surface area contributed by atoms with Gasteiger partial charge in [-0.15, -0.1) is 0 Å². The lowest BCUT2D eigenvalue weighted by Crippen LogP contribution is -2.37. The van der Waals surface area contributed by atoms with Crippen molar-refractivity contribution in [1.29, 1.82) is 0 Å². The van der Waals surface area contributed by atoms with Gasteiger partial charge in [-0.05, 0) is 37.5 Å². The second-order valence-corrected chi connectivity index (χ2v) is 5.20. The lowest BCUT2D eigenvalue weighted by molar-refractivity contribution is -0.105. The highest BCUT2D eigenvalue weighted by Gasteiger charge is 2.42. The van der Waals surface area contributed by atoms with Gasteiger partial charge in [-0.25, -0.2) is 0 Å². The second kappa shape index (κ2) is 3.25. The number of hydrogen-bond acceptors (Lipinski definition) is 2. The topological polar surface area (TPSA) is 29.5 Å². The predicted molar refractivity (Wildman–Crippen MR) is 51.5 cm³/mol. The van der Waals surface area contributed by atoms with E-state index in [1.54, 1.807) is 0 Å². The molecule has 0 heterocycles. The summed E-state index contributed by atoms with van der Waals surface area (Å²) in [5, 5.41) is 9.96. The van der Waals surface area contributed by atoms with Gasteiger partial charge in [0.1, 0.15) is 0 Å². The lowest BCUT2D eigenvalue weighted by Gasteiger charge is -2.32. The quantitative estimate of drug-likeness (QED) is 0.712. The summed E-state index contributed by atoms with van der Waals surface area (Å²) in [5.41, 5.74) is 0.0639. The molecule has 0 radical (unpaired) electrons. The van der Waals surface area contributed by atoms with E-state index in [0.717, 1.165) is 12.8 Å². The summed E-state index contributed by atoms with van der Waals surface area (Å²) in [4.78, 5) is 0. The fraction of sp³-hybridized carbons (Fsp3) is 1.00. The number of aliphatic hydroxyl groups is 1. The predicted octanol–water partition coefficient (Wildman–Crippen LogP) is 2.11. The molecule has 0 spiro atoms. The molecule has 0 bridgehead atoms. The molecule has 2 unspecified atom stereocenters. The van der Waals surface area contributed by atoms with Crippen LogP contribution in [0, 0.1) is 5.41 Å². The highest BCUT2D eigenvalue weighted by Crippen LogP contribution is 2.40. The van der Waals surface area contributed by atoms with Gasteiger partial charge in [0.2, 0.25) is 0 Å². The van der Waals surface area contributed by atoms with E-state index in [4.69, 9.17) is 4.74 Å². The first-order valence-electron chi connectivity index (χ1n) is 5.43. The minimum absolute atomic E-state index is 0.0639. The third-order valence-corrected chi connectivity index (χ3v) is 3.65. The molecule has 2 aliphatic rings. The van der Waals surface area contributed by atoms with Crippen LogP contribution in [0.2, 0.25) is 0 Å². The zero-order chi connectivity index (χ0) is 9.47. The van der Waals surface area contributed by atoms with Gasteiger partial charge in [0, 0.05) is 0 Å². The van der Waals surface area contributed by atoms with Gasteiger partial charge in [0.05, 0.1) is 18.3 Å². The maximum atomic E-state index is 9.96. The molecule has 2 nitrogen and oxygen atoms in total. The largest absolute Gasteiger partial charge is 0.390 e. The maximum absolute atomic E-state index is 9.96. The summed E-state index contributed by atoms with van der Waals surface area (Å²) in [6.07, 6.45) is 6.13. The van der Waals surface area contributed by atoms with Crippen LogP contribution in [0.1, 0.15) is 46.0 Å². The zero-order valence-corrected chi connectivity index (χ0v) is 8.62. The summed E-state index contributed by atoms with van der Waals surface area (Å²) < 4.78 is 5.85. The zero-order valence-electron chi connectivity index (χ0n) is 8.62. The molecule has 2 aliphatic carbocycles.